The first-order valence-corrected chi connectivity index (χ1v) is 8.92. The van der Waals surface area contributed by atoms with Crippen LogP contribution in [0.1, 0.15) is 11.1 Å². The Labute approximate surface area is 154 Å². The number of nitrogens with zero attached hydrogens (tertiary/aromatic N) is 1. The van der Waals surface area contributed by atoms with Gasteiger partial charge in [-0.05, 0) is 17.7 Å². The summed E-state index contributed by atoms with van der Waals surface area (Å²) in [4.78, 5) is 26.5. The van der Waals surface area contributed by atoms with Crippen LogP contribution in [0.3, 0.4) is 0 Å². The molecule has 2 aromatic carbocycles. The van der Waals surface area contributed by atoms with Crippen molar-refractivity contribution in [1.29, 1.82) is 0 Å². The van der Waals surface area contributed by atoms with Crippen LogP contribution >= 0.6 is 35.0 Å². The van der Waals surface area contributed by atoms with E-state index in [1.807, 2.05) is 30.3 Å². The number of hydrogen-bond acceptors (Lipinski definition) is 3. The van der Waals surface area contributed by atoms with Gasteiger partial charge in [-0.2, -0.15) is 0 Å². The Morgan fingerprint density at radius 1 is 1.00 bits per heavy atom. The molecule has 0 fully saturated rings. The molecular formula is C18H13Cl2NO2S. The second-order valence-corrected chi connectivity index (χ2v) is 7.10. The predicted molar refractivity (Wildman–Crippen MR) is 98.9 cm³/mol. The van der Waals surface area contributed by atoms with Crippen LogP contribution in [0, 0.1) is 0 Å². The van der Waals surface area contributed by atoms with Crippen LogP contribution in [0.25, 0.3) is 5.57 Å². The van der Waals surface area contributed by atoms with E-state index in [9.17, 15) is 9.59 Å². The first-order chi connectivity index (χ1) is 11.5. The quantitative estimate of drug-likeness (QED) is 0.728. The maximum atomic E-state index is 12.5. The third-order valence-corrected chi connectivity index (χ3v) is 5.36. The Morgan fingerprint density at radius 3 is 2.38 bits per heavy atom. The average molecular weight is 378 g/mol. The van der Waals surface area contributed by atoms with Crippen LogP contribution in [0.15, 0.2) is 53.4 Å². The van der Waals surface area contributed by atoms with E-state index in [0.717, 1.165) is 10.5 Å². The number of carbonyl (C=O) groups excluding carboxylic acids is 2. The van der Waals surface area contributed by atoms with Gasteiger partial charge in [-0.1, -0.05) is 59.6 Å². The fourth-order valence-electron chi connectivity index (χ4n) is 2.41. The minimum absolute atomic E-state index is 0.304. The topological polar surface area (TPSA) is 37.4 Å². The fourth-order valence-corrected chi connectivity index (χ4v) is 4.02. The molecule has 0 spiro atoms. The molecule has 3 nitrogen and oxygen atoms in total. The highest BCUT2D eigenvalue weighted by atomic mass is 35.5. The minimum Gasteiger partial charge on any atom is -0.277 e. The molecular weight excluding hydrogens is 365 g/mol. The first kappa shape index (κ1) is 17.1. The monoisotopic (exact) mass is 377 g/mol. The second kappa shape index (κ2) is 7.01. The number of hydrogen-bond donors (Lipinski definition) is 0. The molecule has 0 aliphatic carbocycles. The summed E-state index contributed by atoms with van der Waals surface area (Å²) in [5.41, 5.74) is 1.94. The highest BCUT2D eigenvalue weighted by Crippen LogP contribution is 2.39. The van der Waals surface area contributed by atoms with Crippen LogP contribution in [0.4, 0.5) is 0 Å². The zero-order valence-corrected chi connectivity index (χ0v) is 15.1. The zero-order chi connectivity index (χ0) is 17.3. The summed E-state index contributed by atoms with van der Waals surface area (Å²) in [6.07, 6.45) is 0. The van der Waals surface area contributed by atoms with Crippen molar-refractivity contribution in [3.8, 4) is 0 Å². The smallest absolute Gasteiger partial charge is 0.267 e. The molecule has 3 rings (SSSR count). The number of imide groups is 1. The molecule has 1 heterocycles. The van der Waals surface area contributed by atoms with Crippen molar-refractivity contribution in [2.75, 3.05) is 7.05 Å². The van der Waals surface area contributed by atoms with Gasteiger partial charge in [0.1, 0.15) is 0 Å². The predicted octanol–water partition coefficient (Wildman–Crippen LogP) is 4.64. The van der Waals surface area contributed by atoms with E-state index in [4.69, 9.17) is 23.2 Å². The number of halogens is 2. The van der Waals surface area contributed by atoms with E-state index in [-0.39, 0.29) is 11.8 Å². The van der Waals surface area contributed by atoms with Crippen molar-refractivity contribution < 1.29 is 9.59 Å². The van der Waals surface area contributed by atoms with Gasteiger partial charge in [-0.3, -0.25) is 14.5 Å². The molecule has 0 bridgehead atoms. The summed E-state index contributed by atoms with van der Waals surface area (Å²) >= 11 is 13.5. The highest BCUT2D eigenvalue weighted by Gasteiger charge is 2.37. The maximum absolute atomic E-state index is 12.5. The van der Waals surface area contributed by atoms with Gasteiger partial charge in [0.15, 0.2) is 0 Å². The van der Waals surface area contributed by atoms with Gasteiger partial charge in [0.2, 0.25) is 0 Å². The van der Waals surface area contributed by atoms with Crippen LogP contribution in [-0.2, 0) is 15.3 Å². The molecule has 6 heteroatoms. The third-order valence-electron chi connectivity index (χ3n) is 3.67. The highest BCUT2D eigenvalue weighted by molar-refractivity contribution is 8.03. The lowest BCUT2D eigenvalue weighted by molar-refractivity contribution is -0.134. The van der Waals surface area contributed by atoms with Crippen molar-refractivity contribution in [3.63, 3.8) is 0 Å². The molecule has 0 saturated carbocycles. The maximum Gasteiger partial charge on any atom is 0.267 e. The molecule has 0 atom stereocenters. The van der Waals surface area contributed by atoms with Crippen LogP contribution in [0.5, 0.6) is 0 Å². The van der Waals surface area contributed by atoms with Crippen LogP contribution < -0.4 is 0 Å². The molecule has 0 saturated heterocycles. The van der Waals surface area contributed by atoms with E-state index in [1.54, 1.807) is 18.2 Å². The number of benzene rings is 2. The molecule has 122 valence electrons. The van der Waals surface area contributed by atoms with Gasteiger partial charge in [-0.25, -0.2) is 0 Å². The lowest BCUT2D eigenvalue weighted by Crippen LogP contribution is -2.26. The number of rotatable bonds is 4. The summed E-state index contributed by atoms with van der Waals surface area (Å²) in [7, 11) is 1.48. The van der Waals surface area contributed by atoms with Gasteiger partial charge in [-0.15, -0.1) is 11.8 Å². The van der Waals surface area contributed by atoms with Gasteiger partial charge in [0, 0.05) is 23.4 Å². The Bertz CT molecular complexity index is 849. The Hall–Kier alpha value is -1.75. The van der Waals surface area contributed by atoms with Crippen LogP contribution in [0.2, 0.25) is 10.0 Å². The van der Waals surface area contributed by atoms with Crippen molar-refractivity contribution in [2.24, 2.45) is 0 Å². The van der Waals surface area contributed by atoms with Gasteiger partial charge < -0.3 is 0 Å². The molecule has 0 N–H and O–H groups in total. The van der Waals surface area contributed by atoms with Gasteiger partial charge >= 0.3 is 0 Å². The van der Waals surface area contributed by atoms with Crippen molar-refractivity contribution in [1.82, 2.24) is 4.90 Å². The molecule has 2 aromatic rings. The van der Waals surface area contributed by atoms with E-state index in [1.165, 1.54) is 18.8 Å². The lowest BCUT2D eigenvalue weighted by Gasteiger charge is -2.08. The molecule has 1 aliphatic rings. The third kappa shape index (κ3) is 3.22. The minimum atomic E-state index is -0.347. The fraction of sp³-hybridized carbons (Fsp3) is 0.111. The molecule has 2 amide bonds. The molecule has 1 aliphatic heterocycles. The summed E-state index contributed by atoms with van der Waals surface area (Å²) < 4.78 is 0. The average Bonchev–Trinajstić information content (AvgIpc) is 2.78. The number of amides is 2. The van der Waals surface area contributed by atoms with E-state index in [2.05, 4.69) is 0 Å². The standard InChI is InChI=1S/C18H13Cl2NO2S/c1-21-17(22)15(13-8-7-12(19)9-14(13)20)16(18(21)23)24-10-11-5-3-2-4-6-11/h2-9H,10H2,1H3. The van der Waals surface area contributed by atoms with Crippen LogP contribution in [-0.4, -0.2) is 23.8 Å². The molecule has 0 unspecified atom stereocenters. The summed E-state index contributed by atoms with van der Waals surface area (Å²) in [5.74, 6) is -0.0562. The van der Waals surface area contributed by atoms with Crippen molar-refractivity contribution >= 4 is 52.4 Å². The lowest BCUT2D eigenvalue weighted by atomic mass is 10.1. The SMILES string of the molecule is CN1C(=O)C(SCc2ccccc2)=C(c2ccc(Cl)cc2Cl)C1=O. The summed E-state index contributed by atoms with van der Waals surface area (Å²) in [6, 6.07) is 14.7. The molecule has 0 aromatic heterocycles. The zero-order valence-electron chi connectivity index (χ0n) is 12.8. The summed E-state index contributed by atoms with van der Waals surface area (Å²) in [6.45, 7) is 0. The summed E-state index contributed by atoms with van der Waals surface area (Å²) in [5, 5.41) is 0.833. The van der Waals surface area contributed by atoms with Gasteiger partial charge in [0.25, 0.3) is 11.8 Å². The largest absolute Gasteiger partial charge is 0.277 e. The number of thioether (sulfide) groups is 1. The van der Waals surface area contributed by atoms with Crippen molar-refractivity contribution in [3.05, 3.63) is 74.6 Å². The van der Waals surface area contributed by atoms with Gasteiger partial charge in [0.05, 0.1) is 15.5 Å². The first-order valence-electron chi connectivity index (χ1n) is 7.18. The number of likely N-dealkylation sites (N-methyl/N-ethyl adjacent to an activating group) is 1. The Balaban J connectivity index is 2.01. The number of carbonyl (C=O) groups is 2. The second-order valence-electron chi connectivity index (χ2n) is 5.27. The molecule has 0 radical (unpaired) electrons. The van der Waals surface area contributed by atoms with E-state index < -0.39 is 0 Å². The van der Waals surface area contributed by atoms with E-state index >= 15 is 0 Å². The van der Waals surface area contributed by atoms with Crippen molar-refractivity contribution in [2.45, 2.75) is 5.75 Å². The Kier molecular flexibility index (Phi) is 4.99. The normalized spacial score (nSPS) is 14.7. The van der Waals surface area contributed by atoms with E-state index in [0.29, 0.717) is 31.8 Å². The molecule has 24 heavy (non-hydrogen) atoms. The Morgan fingerprint density at radius 2 is 1.71 bits per heavy atom.